The summed E-state index contributed by atoms with van der Waals surface area (Å²) in [6, 6.07) is 6.49. The molecule has 1 aromatic carbocycles. The number of nitrogens with one attached hydrogen (secondary N) is 2. The maximum absolute atomic E-state index is 13.8. The number of thiocarbonyl (C=S) groups is 1. The molecule has 2 aliphatic carbocycles. The highest BCUT2D eigenvalue weighted by atomic mass is 32.2. The Labute approximate surface area is 338 Å². The van der Waals surface area contributed by atoms with Gasteiger partial charge in [0.25, 0.3) is 5.91 Å². The Morgan fingerprint density at radius 2 is 1.64 bits per heavy atom. The molecule has 2 N–H and O–H groups in total. The maximum Gasteiger partial charge on any atom is 0.408 e. The highest BCUT2D eigenvalue weighted by molar-refractivity contribution is 8.26. The van der Waals surface area contributed by atoms with E-state index >= 15 is 0 Å². The number of alkyl carbamates (subject to hydrolysis) is 2. The number of fused-ring (bicyclic) bond motifs is 2. The molecule has 1 aromatic heterocycles. The number of nitrogens with zero attached hydrogens (tertiary/aromatic N) is 1. The third kappa shape index (κ3) is 11.7. The van der Waals surface area contributed by atoms with Gasteiger partial charge in [-0.3, -0.25) is 9.69 Å². The number of carbonyl (C=O) groups is 4. The smallest absolute Gasteiger partial charge is 0.408 e. The van der Waals surface area contributed by atoms with Crippen molar-refractivity contribution < 1.29 is 47.3 Å². The van der Waals surface area contributed by atoms with E-state index in [0.29, 0.717) is 63.3 Å². The van der Waals surface area contributed by atoms with Crippen molar-refractivity contribution in [1.82, 2.24) is 15.5 Å². The minimum Gasteiger partial charge on any atom is -0.497 e. The van der Waals surface area contributed by atoms with Crippen LogP contribution in [0.2, 0.25) is 0 Å². The van der Waals surface area contributed by atoms with Crippen molar-refractivity contribution >= 4 is 58.4 Å². The molecule has 2 heterocycles. The molecular formula is C41H55N3O10S2. The number of hydrogen-bond donors (Lipinski definition) is 2. The van der Waals surface area contributed by atoms with Gasteiger partial charge in [-0.05, 0) is 122 Å². The lowest BCUT2D eigenvalue weighted by molar-refractivity contribution is -0.146. The first-order valence-electron chi connectivity index (χ1n) is 19.2. The van der Waals surface area contributed by atoms with Crippen LogP contribution in [0.25, 0.3) is 17.4 Å². The Hall–Kier alpha value is -4.24. The molecule has 15 heteroatoms. The number of aryl methyl sites for hydroxylation is 1. The Morgan fingerprint density at radius 3 is 2.25 bits per heavy atom. The average Bonchev–Trinajstić information content (AvgIpc) is 3.90. The molecule has 2 aromatic rings. The van der Waals surface area contributed by atoms with Crippen molar-refractivity contribution in [3.05, 3.63) is 40.5 Å². The monoisotopic (exact) mass is 813 g/mol. The number of hydrogen-bond acceptors (Lipinski definition) is 12. The van der Waals surface area contributed by atoms with Crippen LogP contribution in [-0.2, 0) is 30.2 Å². The topological polar surface area (TPSA) is 155 Å². The van der Waals surface area contributed by atoms with Crippen LogP contribution in [0.1, 0.15) is 97.8 Å². The number of esters is 1. The molecule has 2 bridgehead atoms. The maximum atomic E-state index is 13.8. The summed E-state index contributed by atoms with van der Waals surface area (Å²) in [4.78, 5) is 54.2. The Morgan fingerprint density at radius 1 is 0.964 bits per heavy atom. The van der Waals surface area contributed by atoms with Crippen LogP contribution >= 0.6 is 24.0 Å². The van der Waals surface area contributed by atoms with E-state index < -0.39 is 35.4 Å². The second kappa shape index (κ2) is 18.4. The average molecular weight is 814 g/mol. The minimum atomic E-state index is -1.01. The van der Waals surface area contributed by atoms with Gasteiger partial charge in [-0.2, -0.15) is 0 Å². The molecule has 13 nitrogen and oxygen atoms in total. The van der Waals surface area contributed by atoms with Crippen molar-refractivity contribution in [2.45, 2.75) is 116 Å². The van der Waals surface area contributed by atoms with Crippen molar-refractivity contribution in [3.8, 4) is 22.8 Å². The third-order valence-electron chi connectivity index (χ3n) is 9.74. The lowest BCUT2D eigenvalue weighted by atomic mass is 9.94. The number of methoxy groups -OCH3 is 2. The zero-order valence-electron chi connectivity index (χ0n) is 33.6. The predicted molar refractivity (Wildman–Crippen MR) is 217 cm³/mol. The van der Waals surface area contributed by atoms with E-state index in [-0.39, 0.29) is 31.5 Å². The number of furan rings is 1. The van der Waals surface area contributed by atoms with Gasteiger partial charge in [-0.15, -0.1) is 0 Å². The number of benzene rings is 1. The van der Waals surface area contributed by atoms with Gasteiger partial charge in [-0.25, -0.2) is 14.4 Å². The van der Waals surface area contributed by atoms with E-state index in [2.05, 4.69) is 10.6 Å². The molecular weight excluding hydrogens is 759 g/mol. The van der Waals surface area contributed by atoms with Gasteiger partial charge < -0.3 is 38.7 Å². The summed E-state index contributed by atoms with van der Waals surface area (Å²) in [5, 5.41) is 5.28. The van der Waals surface area contributed by atoms with Crippen LogP contribution in [0.15, 0.2) is 33.6 Å². The lowest BCUT2D eigenvalue weighted by Crippen LogP contribution is -2.44. The molecule has 1 aliphatic heterocycles. The molecule has 2 saturated carbocycles. The van der Waals surface area contributed by atoms with E-state index in [0.717, 1.165) is 30.4 Å². The molecule has 306 valence electrons. The highest BCUT2D eigenvalue weighted by Gasteiger charge is 2.48. The van der Waals surface area contributed by atoms with Crippen LogP contribution in [0.3, 0.4) is 0 Å². The second-order valence-electron chi connectivity index (χ2n) is 16.4. The largest absolute Gasteiger partial charge is 0.497 e. The van der Waals surface area contributed by atoms with E-state index in [9.17, 15) is 19.2 Å². The van der Waals surface area contributed by atoms with Crippen molar-refractivity contribution in [2.24, 2.45) is 11.8 Å². The van der Waals surface area contributed by atoms with Crippen LogP contribution in [0, 0.1) is 11.8 Å². The van der Waals surface area contributed by atoms with Crippen LogP contribution in [-0.4, -0.2) is 83.9 Å². The first-order valence-corrected chi connectivity index (χ1v) is 20.4. The number of amides is 3. The minimum absolute atomic E-state index is 0.0424. The van der Waals surface area contributed by atoms with E-state index in [1.54, 1.807) is 67.9 Å². The number of ether oxygens (including phenoxy) is 5. The fraction of sp³-hybridized carbons (Fsp3) is 0.585. The standard InChI is InChI=1S/C41H55N3O10S2/c1-40(2,3)53-37(47)42-15-9-12-30(43-38(48)54-41(4,5)6)36(46)51-16-10-11-26-21-32(27-19-28(49-7)22-29(20-27)50-8)52-33(26)23-34-35(45)44(39(55)56-34)31-18-24-13-14-25(31)17-24/h19-25,30-31H,9-18H2,1-8H3,(H,42,47)(H,43,48). The number of rotatable bonds is 15. The SMILES string of the molecule is COc1cc(OC)cc(-c2cc(CCCOC(=O)C(CCCNC(=O)OC(C)(C)C)NC(=O)OC(C)(C)C)c(C=C3SC(=S)N(C4CC5CCC4C5)C3=O)o2)c1. The first-order chi connectivity index (χ1) is 26.4. The van der Waals surface area contributed by atoms with E-state index in [4.69, 9.17) is 40.3 Å². The fourth-order valence-corrected chi connectivity index (χ4v) is 8.65. The molecule has 56 heavy (non-hydrogen) atoms. The van der Waals surface area contributed by atoms with Crippen molar-refractivity contribution in [3.63, 3.8) is 0 Å². The van der Waals surface area contributed by atoms with Gasteiger partial charge in [-0.1, -0.05) is 30.4 Å². The fourth-order valence-electron chi connectivity index (χ4n) is 7.31. The molecule has 1 saturated heterocycles. The van der Waals surface area contributed by atoms with Gasteiger partial charge in [0.2, 0.25) is 0 Å². The quantitative estimate of drug-likeness (QED) is 0.0588. The lowest BCUT2D eigenvalue weighted by Gasteiger charge is -2.30. The zero-order valence-corrected chi connectivity index (χ0v) is 35.2. The zero-order chi connectivity index (χ0) is 40.8. The summed E-state index contributed by atoms with van der Waals surface area (Å²) >= 11 is 7.04. The number of carbonyl (C=O) groups excluding carboxylic acids is 4. The van der Waals surface area contributed by atoms with Gasteiger partial charge in [0.05, 0.1) is 25.7 Å². The van der Waals surface area contributed by atoms with E-state index in [1.165, 1.54) is 18.2 Å². The van der Waals surface area contributed by atoms with Gasteiger partial charge >= 0.3 is 18.2 Å². The Kier molecular flexibility index (Phi) is 14.1. The van der Waals surface area contributed by atoms with Crippen LogP contribution in [0.4, 0.5) is 9.59 Å². The van der Waals surface area contributed by atoms with Gasteiger partial charge in [0.1, 0.15) is 44.6 Å². The molecule has 5 rings (SSSR count). The summed E-state index contributed by atoms with van der Waals surface area (Å²) in [5.41, 5.74) is 0.105. The van der Waals surface area contributed by atoms with Crippen molar-refractivity contribution in [2.75, 3.05) is 27.4 Å². The summed E-state index contributed by atoms with van der Waals surface area (Å²) < 4.78 is 34.3. The van der Waals surface area contributed by atoms with Gasteiger partial charge in [0, 0.05) is 30.3 Å². The normalized spacial score (nSPS) is 20.6. The molecule has 3 aliphatic rings. The third-order valence-corrected chi connectivity index (χ3v) is 11.1. The molecule has 3 amide bonds. The summed E-state index contributed by atoms with van der Waals surface area (Å²) in [6.45, 7) is 10.7. The highest BCUT2D eigenvalue weighted by Crippen LogP contribution is 2.49. The Balaban J connectivity index is 1.28. The summed E-state index contributed by atoms with van der Waals surface area (Å²) in [7, 11) is 3.15. The van der Waals surface area contributed by atoms with Crippen LogP contribution < -0.4 is 20.1 Å². The van der Waals surface area contributed by atoms with Gasteiger partial charge in [0.15, 0.2) is 0 Å². The first kappa shape index (κ1) is 42.9. The molecule has 4 atom stereocenters. The Bertz CT molecular complexity index is 1790. The summed E-state index contributed by atoms with van der Waals surface area (Å²) in [5.74, 6) is 2.66. The molecule has 3 fully saturated rings. The second-order valence-corrected chi connectivity index (χ2v) is 18.1. The van der Waals surface area contributed by atoms with E-state index in [1.807, 2.05) is 23.1 Å². The predicted octanol–water partition coefficient (Wildman–Crippen LogP) is 8.03. The van der Waals surface area contributed by atoms with Crippen molar-refractivity contribution in [1.29, 1.82) is 0 Å². The molecule has 0 radical (unpaired) electrons. The molecule has 4 unspecified atom stereocenters. The van der Waals surface area contributed by atoms with Crippen LogP contribution in [0.5, 0.6) is 11.5 Å². The number of thioether (sulfide) groups is 1. The summed E-state index contributed by atoms with van der Waals surface area (Å²) in [6.07, 6.45) is 6.36. The molecule has 0 spiro atoms.